The monoisotopic (exact) mass is 251 g/mol. The van der Waals surface area contributed by atoms with Crippen LogP contribution in [0.1, 0.15) is 32.1 Å². The lowest BCUT2D eigenvalue weighted by Gasteiger charge is -2.29. The van der Waals surface area contributed by atoms with Crippen molar-refractivity contribution in [2.45, 2.75) is 44.2 Å². The fourth-order valence-corrected chi connectivity index (χ4v) is 4.48. The molecular weight excluding hydrogens is 222 g/mol. The zero-order valence-corrected chi connectivity index (χ0v) is 12.1. The second kappa shape index (κ2) is 5.48. The van der Waals surface area contributed by atoms with E-state index in [2.05, 4.69) is 29.2 Å². The number of likely N-dealkylation sites (tertiary alicyclic amines) is 1. The Hall–Kier alpha value is -0.120. The largest absolute Gasteiger partial charge is 0.312 e. The average Bonchev–Trinajstić information content (AvgIpc) is 3.00. The molecule has 2 saturated heterocycles. The molecule has 3 aliphatic rings. The van der Waals surface area contributed by atoms with Crippen molar-refractivity contribution in [2.24, 2.45) is 11.8 Å². The van der Waals surface area contributed by atoms with E-state index < -0.39 is 0 Å². The first-order chi connectivity index (χ1) is 8.74. The third-order valence-corrected chi connectivity index (χ3v) is 5.58. The summed E-state index contributed by atoms with van der Waals surface area (Å²) >= 11 is 0. The molecule has 18 heavy (non-hydrogen) atoms. The standard InChI is InChI=1S/C15H29N3/c1-17(10-13-6-4-8-18(13)2)11-15-14-7-3-5-12(14)9-16-15/h12-16H,3-11H2,1-2H3. The predicted molar refractivity (Wildman–Crippen MR) is 75.8 cm³/mol. The van der Waals surface area contributed by atoms with E-state index >= 15 is 0 Å². The Morgan fingerprint density at radius 1 is 1.17 bits per heavy atom. The van der Waals surface area contributed by atoms with Gasteiger partial charge in [-0.1, -0.05) is 6.42 Å². The second-order valence-electron chi connectivity index (χ2n) is 6.87. The highest BCUT2D eigenvalue weighted by molar-refractivity contribution is 4.95. The third kappa shape index (κ3) is 2.59. The predicted octanol–water partition coefficient (Wildman–Crippen LogP) is 1.40. The first-order valence-electron chi connectivity index (χ1n) is 7.86. The van der Waals surface area contributed by atoms with Gasteiger partial charge in [-0.3, -0.25) is 0 Å². The summed E-state index contributed by atoms with van der Waals surface area (Å²) in [4.78, 5) is 5.11. The molecule has 0 bridgehead atoms. The van der Waals surface area contributed by atoms with E-state index in [0.29, 0.717) is 0 Å². The molecule has 3 fully saturated rings. The highest BCUT2D eigenvalue weighted by Crippen LogP contribution is 2.37. The second-order valence-corrected chi connectivity index (χ2v) is 6.87. The van der Waals surface area contributed by atoms with Crippen molar-refractivity contribution in [1.29, 1.82) is 0 Å². The minimum atomic E-state index is 0.772. The minimum absolute atomic E-state index is 0.772. The van der Waals surface area contributed by atoms with E-state index in [4.69, 9.17) is 0 Å². The normalized spacial score (nSPS) is 40.8. The molecule has 4 unspecified atom stereocenters. The summed E-state index contributed by atoms with van der Waals surface area (Å²) in [5.41, 5.74) is 0. The summed E-state index contributed by atoms with van der Waals surface area (Å²) in [5, 5.41) is 3.77. The lowest BCUT2D eigenvalue weighted by atomic mass is 9.94. The molecule has 3 heteroatoms. The van der Waals surface area contributed by atoms with Crippen molar-refractivity contribution in [3.8, 4) is 0 Å². The van der Waals surface area contributed by atoms with Gasteiger partial charge in [-0.05, 0) is 64.7 Å². The van der Waals surface area contributed by atoms with E-state index in [1.54, 1.807) is 0 Å². The van der Waals surface area contributed by atoms with Crippen molar-refractivity contribution >= 4 is 0 Å². The van der Waals surface area contributed by atoms with Gasteiger partial charge in [0.2, 0.25) is 0 Å². The Morgan fingerprint density at radius 2 is 2.06 bits per heavy atom. The quantitative estimate of drug-likeness (QED) is 0.815. The molecule has 0 spiro atoms. The molecule has 2 heterocycles. The number of hydrogen-bond donors (Lipinski definition) is 1. The lowest BCUT2D eigenvalue weighted by molar-refractivity contribution is 0.198. The number of nitrogens with zero attached hydrogens (tertiary/aromatic N) is 2. The van der Waals surface area contributed by atoms with Crippen LogP contribution in [0.25, 0.3) is 0 Å². The van der Waals surface area contributed by atoms with Gasteiger partial charge in [0.1, 0.15) is 0 Å². The van der Waals surface area contributed by atoms with Gasteiger partial charge >= 0.3 is 0 Å². The molecule has 0 amide bonds. The Bertz CT molecular complexity index is 281. The molecular formula is C15H29N3. The van der Waals surface area contributed by atoms with Crippen molar-refractivity contribution < 1.29 is 0 Å². The summed E-state index contributed by atoms with van der Waals surface area (Å²) in [6, 6.07) is 1.57. The van der Waals surface area contributed by atoms with E-state index in [1.165, 1.54) is 58.3 Å². The van der Waals surface area contributed by atoms with Gasteiger partial charge in [-0.25, -0.2) is 0 Å². The maximum atomic E-state index is 3.77. The van der Waals surface area contributed by atoms with Crippen LogP contribution in [-0.4, -0.2) is 62.2 Å². The van der Waals surface area contributed by atoms with Crippen LogP contribution in [0.4, 0.5) is 0 Å². The van der Waals surface area contributed by atoms with Crippen LogP contribution >= 0.6 is 0 Å². The lowest BCUT2D eigenvalue weighted by Crippen LogP contribution is -2.43. The number of hydrogen-bond acceptors (Lipinski definition) is 3. The SMILES string of the molecule is CN(CC1NCC2CCCC21)CC1CCCN1C. The summed E-state index contributed by atoms with van der Waals surface area (Å²) in [6.07, 6.45) is 7.21. The van der Waals surface area contributed by atoms with Crippen molar-refractivity contribution in [3.63, 3.8) is 0 Å². The van der Waals surface area contributed by atoms with Crippen LogP contribution in [0.3, 0.4) is 0 Å². The summed E-state index contributed by atoms with van der Waals surface area (Å²) < 4.78 is 0. The summed E-state index contributed by atoms with van der Waals surface area (Å²) in [5.74, 6) is 1.98. The van der Waals surface area contributed by atoms with Crippen molar-refractivity contribution in [1.82, 2.24) is 15.1 Å². The Balaban J connectivity index is 1.47. The molecule has 3 nitrogen and oxygen atoms in total. The van der Waals surface area contributed by atoms with Crippen LogP contribution in [0, 0.1) is 11.8 Å². The maximum absolute atomic E-state index is 3.77. The van der Waals surface area contributed by atoms with Gasteiger partial charge in [-0.15, -0.1) is 0 Å². The van der Waals surface area contributed by atoms with E-state index in [1.807, 2.05) is 0 Å². The molecule has 1 aliphatic carbocycles. The van der Waals surface area contributed by atoms with Gasteiger partial charge in [0.15, 0.2) is 0 Å². The van der Waals surface area contributed by atoms with E-state index in [9.17, 15) is 0 Å². The topological polar surface area (TPSA) is 18.5 Å². The molecule has 0 radical (unpaired) electrons. The summed E-state index contributed by atoms with van der Waals surface area (Å²) in [7, 11) is 4.60. The Kier molecular flexibility index (Phi) is 3.92. The van der Waals surface area contributed by atoms with E-state index in [-0.39, 0.29) is 0 Å². The summed E-state index contributed by atoms with van der Waals surface area (Å²) in [6.45, 7) is 5.09. The molecule has 0 aromatic carbocycles. The van der Waals surface area contributed by atoms with Crippen molar-refractivity contribution in [3.05, 3.63) is 0 Å². The number of nitrogens with one attached hydrogen (secondary N) is 1. The van der Waals surface area contributed by atoms with Gasteiger partial charge in [0.25, 0.3) is 0 Å². The first-order valence-corrected chi connectivity index (χ1v) is 7.86. The number of likely N-dealkylation sites (N-methyl/N-ethyl adjacent to an activating group) is 2. The van der Waals surface area contributed by atoms with E-state index in [0.717, 1.165) is 23.9 Å². The molecule has 3 rings (SSSR count). The van der Waals surface area contributed by atoms with Gasteiger partial charge < -0.3 is 15.1 Å². The fraction of sp³-hybridized carbons (Fsp3) is 1.00. The molecule has 4 atom stereocenters. The first kappa shape index (κ1) is 12.9. The molecule has 0 aromatic rings. The zero-order chi connectivity index (χ0) is 12.5. The highest BCUT2D eigenvalue weighted by atomic mass is 15.2. The highest BCUT2D eigenvalue weighted by Gasteiger charge is 2.39. The molecule has 1 N–H and O–H groups in total. The molecule has 2 aliphatic heterocycles. The fourth-order valence-electron chi connectivity index (χ4n) is 4.48. The van der Waals surface area contributed by atoms with Crippen LogP contribution in [-0.2, 0) is 0 Å². The van der Waals surface area contributed by atoms with Gasteiger partial charge in [0, 0.05) is 25.2 Å². The molecule has 104 valence electrons. The van der Waals surface area contributed by atoms with Crippen LogP contribution in [0.5, 0.6) is 0 Å². The average molecular weight is 251 g/mol. The van der Waals surface area contributed by atoms with Crippen LogP contribution < -0.4 is 5.32 Å². The zero-order valence-electron chi connectivity index (χ0n) is 12.1. The van der Waals surface area contributed by atoms with Crippen LogP contribution in [0.15, 0.2) is 0 Å². The molecule has 1 saturated carbocycles. The van der Waals surface area contributed by atoms with Crippen LogP contribution in [0.2, 0.25) is 0 Å². The molecule has 0 aromatic heterocycles. The number of fused-ring (bicyclic) bond motifs is 1. The number of rotatable bonds is 4. The van der Waals surface area contributed by atoms with Gasteiger partial charge in [-0.2, -0.15) is 0 Å². The smallest absolute Gasteiger partial charge is 0.0226 e. The van der Waals surface area contributed by atoms with Crippen molar-refractivity contribution in [2.75, 3.05) is 40.3 Å². The third-order valence-electron chi connectivity index (χ3n) is 5.58. The minimum Gasteiger partial charge on any atom is -0.312 e. The Labute approximate surface area is 112 Å². The Morgan fingerprint density at radius 3 is 2.83 bits per heavy atom. The maximum Gasteiger partial charge on any atom is 0.0226 e. The van der Waals surface area contributed by atoms with Gasteiger partial charge in [0.05, 0.1) is 0 Å².